The summed E-state index contributed by atoms with van der Waals surface area (Å²) in [6, 6.07) is 6.27. The van der Waals surface area contributed by atoms with Crippen molar-refractivity contribution in [1.29, 1.82) is 0 Å². The van der Waals surface area contributed by atoms with Crippen molar-refractivity contribution in [3.8, 4) is 5.75 Å². The number of halogens is 3. The topological polar surface area (TPSA) is 91.2 Å². The SMILES string of the molecule is COCCOc1ccc(C(F)(F)F)cc1NC(=O)COC(=O)c1cn2ccc(C)cc2n1. The van der Waals surface area contributed by atoms with Gasteiger partial charge >= 0.3 is 12.1 Å². The van der Waals surface area contributed by atoms with Gasteiger partial charge in [-0.15, -0.1) is 0 Å². The molecule has 11 heteroatoms. The van der Waals surface area contributed by atoms with E-state index in [1.807, 2.05) is 13.0 Å². The van der Waals surface area contributed by atoms with E-state index in [0.29, 0.717) is 5.65 Å². The normalized spacial score (nSPS) is 11.4. The van der Waals surface area contributed by atoms with Gasteiger partial charge in [0.2, 0.25) is 0 Å². The first-order valence-corrected chi connectivity index (χ1v) is 9.42. The number of aryl methyl sites for hydroxylation is 1. The van der Waals surface area contributed by atoms with Crippen LogP contribution in [0.1, 0.15) is 21.6 Å². The standard InChI is InChI=1S/C21H20F3N3O5/c1-13-5-6-27-11-16(25-18(27)9-13)20(29)32-12-19(28)26-15-10-14(21(22,23)24)3-4-17(15)31-8-7-30-2/h3-6,9-11H,7-8,12H2,1-2H3,(H,26,28). The smallest absolute Gasteiger partial charge is 0.416 e. The van der Waals surface area contributed by atoms with Gasteiger partial charge in [-0.1, -0.05) is 0 Å². The number of carbonyl (C=O) groups excluding carboxylic acids is 2. The van der Waals surface area contributed by atoms with Crippen LogP contribution in [0.25, 0.3) is 5.65 Å². The van der Waals surface area contributed by atoms with Crippen molar-refractivity contribution in [3.05, 3.63) is 59.5 Å². The van der Waals surface area contributed by atoms with Gasteiger partial charge in [-0.3, -0.25) is 4.79 Å². The predicted octanol–water partition coefficient (Wildman–Crippen LogP) is 3.48. The van der Waals surface area contributed by atoms with Crippen molar-refractivity contribution < 1.29 is 37.0 Å². The lowest BCUT2D eigenvalue weighted by Gasteiger charge is -2.15. The number of fused-ring (bicyclic) bond motifs is 1. The van der Waals surface area contributed by atoms with Crippen molar-refractivity contribution in [2.24, 2.45) is 0 Å². The number of hydrogen-bond acceptors (Lipinski definition) is 6. The Labute approximate surface area is 180 Å². The molecule has 32 heavy (non-hydrogen) atoms. The second-order valence-electron chi connectivity index (χ2n) is 6.77. The van der Waals surface area contributed by atoms with Gasteiger partial charge in [-0.25, -0.2) is 9.78 Å². The molecule has 0 fully saturated rings. The van der Waals surface area contributed by atoms with Crippen molar-refractivity contribution in [2.45, 2.75) is 13.1 Å². The van der Waals surface area contributed by atoms with Crippen molar-refractivity contribution in [2.75, 3.05) is 32.2 Å². The highest BCUT2D eigenvalue weighted by molar-refractivity contribution is 5.96. The summed E-state index contributed by atoms with van der Waals surface area (Å²) in [5, 5.41) is 2.28. The maximum Gasteiger partial charge on any atom is 0.416 e. The number of hydrogen-bond donors (Lipinski definition) is 1. The molecule has 0 bridgehead atoms. The number of ether oxygens (including phenoxy) is 3. The fraction of sp³-hybridized carbons (Fsp3) is 0.286. The van der Waals surface area contributed by atoms with Crippen LogP contribution in [0.2, 0.25) is 0 Å². The summed E-state index contributed by atoms with van der Waals surface area (Å²) in [7, 11) is 1.44. The van der Waals surface area contributed by atoms with Gasteiger partial charge in [-0.05, 0) is 42.8 Å². The number of benzene rings is 1. The lowest BCUT2D eigenvalue weighted by Crippen LogP contribution is -2.22. The summed E-state index contributed by atoms with van der Waals surface area (Å²) in [5.74, 6) is -1.67. The average Bonchev–Trinajstić information content (AvgIpc) is 3.15. The zero-order valence-corrected chi connectivity index (χ0v) is 17.2. The summed E-state index contributed by atoms with van der Waals surface area (Å²) in [4.78, 5) is 28.6. The minimum Gasteiger partial charge on any atom is -0.489 e. The van der Waals surface area contributed by atoms with Gasteiger partial charge in [-0.2, -0.15) is 13.2 Å². The highest BCUT2D eigenvalue weighted by Crippen LogP contribution is 2.35. The Morgan fingerprint density at radius 2 is 1.94 bits per heavy atom. The van der Waals surface area contributed by atoms with Crippen LogP contribution in [0.15, 0.2) is 42.7 Å². The van der Waals surface area contributed by atoms with E-state index in [0.717, 1.165) is 23.8 Å². The lowest BCUT2D eigenvalue weighted by molar-refractivity contribution is -0.137. The molecule has 0 spiro atoms. The molecule has 0 unspecified atom stereocenters. The third-order valence-corrected chi connectivity index (χ3v) is 4.29. The number of methoxy groups -OCH3 is 1. The van der Waals surface area contributed by atoms with E-state index in [1.165, 1.54) is 13.3 Å². The number of nitrogens with zero attached hydrogens (tertiary/aromatic N) is 2. The predicted molar refractivity (Wildman–Crippen MR) is 108 cm³/mol. The van der Waals surface area contributed by atoms with Gasteiger partial charge in [0.15, 0.2) is 12.3 Å². The summed E-state index contributed by atoms with van der Waals surface area (Å²) < 4.78 is 55.9. The van der Waals surface area contributed by atoms with Gasteiger partial charge in [0.25, 0.3) is 5.91 Å². The molecule has 2 heterocycles. The maximum absolute atomic E-state index is 13.0. The van der Waals surface area contributed by atoms with Gasteiger partial charge in [0.05, 0.1) is 17.9 Å². The molecule has 0 aliphatic heterocycles. The summed E-state index contributed by atoms with van der Waals surface area (Å²) in [5.41, 5.74) is 0.297. The Hall–Kier alpha value is -3.60. The van der Waals surface area contributed by atoms with Crippen LogP contribution in [0.3, 0.4) is 0 Å². The van der Waals surface area contributed by atoms with Crippen molar-refractivity contribution >= 4 is 23.2 Å². The van der Waals surface area contributed by atoms with E-state index in [1.54, 1.807) is 16.7 Å². The Morgan fingerprint density at radius 3 is 2.66 bits per heavy atom. The molecule has 0 radical (unpaired) electrons. The van der Waals surface area contributed by atoms with Crippen LogP contribution in [-0.4, -0.2) is 48.2 Å². The van der Waals surface area contributed by atoms with E-state index in [4.69, 9.17) is 14.2 Å². The lowest BCUT2D eigenvalue weighted by atomic mass is 10.1. The Bertz CT molecular complexity index is 1130. The Balaban J connectivity index is 1.67. The number of nitrogens with one attached hydrogen (secondary N) is 1. The fourth-order valence-electron chi connectivity index (χ4n) is 2.74. The van der Waals surface area contributed by atoms with Crippen LogP contribution in [0.4, 0.5) is 18.9 Å². The molecular formula is C21H20F3N3O5. The van der Waals surface area contributed by atoms with E-state index in [2.05, 4.69) is 10.3 Å². The molecule has 1 N–H and O–H groups in total. The van der Waals surface area contributed by atoms with E-state index >= 15 is 0 Å². The van der Waals surface area contributed by atoms with Crippen molar-refractivity contribution in [3.63, 3.8) is 0 Å². The van der Waals surface area contributed by atoms with Gasteiger partial charge < -0.3 is 23.9 Å². The average molecular weight is 451 g/mol. The minimum absolute atomic E-state index is 0.00828. The van der Waals surface area contributed by atoms with Gasteiger partial charge in [0, 0.05) is 19.5 Å². The zero-order chi connectivity index (χ0) is 23.3. The summed E-state index contributed by atoms with van der Waals surface area (Å²) in [6.07, 6.45) is -1.44. The highest BCUT2D eigenvalue weighted by atomic mass is 19.4. The highest BCUT2D eigenvalue weighted by Gasteiger charge is 2.31. The molecule has 3 rings (SSSR count). The monoisotopic (exact) mass is 451 g/mol. The molecule has 0 aliphatic rings. The van der Waals surface area contributed by atoms with Gasteiger partial charge in [0.1, 0.15) is 18.0 Å². The summed E-state index contributed by atoms with van der Waals surface area (Å²) >= 11 is 0. The number of amides is 1. The van der Waals surface area contributed by atoms with Crippen LogP contribution < -0.4 is 10.1 Å². The van der Waals surface area contributed by atoms with Crippen LogP contribution in [-0.2, 0) is 20.4 Å². The Morgan fingerprint density at radius 1 is 1.16 bits per heavy atom. The molecule has 0 saturated heterocycles. The molecule has 0 aliphatic carbocycles. The second kappa shape index (κ2) is 9.69. The number of esters is 1. The molecule has 1 amide bonds. The van der Waals surface area contributed by atoms with E-state index < -0.39 is 30.2 Å². The van der Waals surface area contributed by atoms with E-state index in [9.17, 15) is 22.8 Å². The third-order valence-electron chi connectivity index (χ3n) is 4.29. The molecule has 8 nitrogen and oxygen atoms in total. The third kappa shape index (κ3) is 5.76. The first kappa shape index (κ1) is 23.1. The molecule has 0 saturated carbocycles. The minimum atomic E-state index is -4.61. The van der Waals surface area contributed by atoms with Crippen LogP contribution in [0.5, 0.6) is 5.75 Å². The Kier molecular flexibility index (Phi) is 6.98. The molecule has 1 aromatic carbocycles. The number of imidazole rings is 1. The first-order valence-electron chi connectivity index (χ1n) is 9.42. The number of rotatable bonds is 8. The fourth-order valence-corrected chi connectivity index (χ4v) is 2.74. The molecule has 3 aromatic rings. The summed E-state index contributed by atoms with van der Waals surface area (Å²) in [6.45, 7) is 1.41. The zero-order valence-electron chi connectivity index (χ0n) is 17.2. The maximum atomic E-state index is 13.0. The number of pyridine rings is 1. The molecule has 170 valence electrons. The van der Waals surface area contributed by atoms with E-state index in [-0.39, 0.29) is 30.3 Å². The number of alkyl halides is 3. The van der Waals surface area contributed by atoms with Crippen LogP contribution in [0, 0.1) is 6.92 Å². The molecular weight excluding hydrogens is 431 g/mol. The molecule has 0 atom stereocenters. The number of aromatic nitrogens is 2. The molecule has 2 aromatic heterocycles. The first-order chi connectivity index (χ1) is 15.2. The van der Waals surface area contributed by atoms with Crippen LogP contribution >= 0.6 is 0 Å². The largest absolute Gasteiger partial charge is 0.489 e. The second-order valence-corrected chi connectivity index (χ2v) is 6.77. The number of anilines is 1. The number of carbonyl (C=O) groups is 2. The quantitative estimate of drug-likeness (QED) is 0.417. The van der Waals surface area contributed by atoms with Crippen molar-refractivity contribution in [1.82, 2.24) is 9.38 Å².